The predicted molar refractivity (Wildman–Crippen MR) is 223 cm³/mol. The highest BCUT2D eigenvalue weighted by Gasteiger charge is 2.68. The number of anilines is 1. The molecule has 3 aliphatic heterocycles. The van der Waals surface area contributed by atoms with Gasteiger partial charge in [0.05, 0.1) is 28.0 Å². The third-order valence-corrected chi connectivity index (χ3v) is 15.5. The molecule has 0 spiro atoms. The summed E-state index contributed by atoms with van der Waals surface area (Å²) in [6.45, 7) is 6.26. The third-order valence-electron chi connectivity index (χ3n) is 13.9. The molecule has 0 bridgehead atoms. The van der Waals surface area contributed by atoms with Crippen molar-refractivity contribution in [1.29, 1.82) is 0 Å². The summed E-state index contributed by atoms with van der Waals surface area (Å²) >= 11 is 7.92. The number of halogens is 1. The number of phenolic OH excluding ortho intramolecular Hbond substituents is 1. The van der Waals surface area contributed by atoms with Crippen molar-refractivity contribution in [2.24, 2.45) is 36.1 Å². The molecule has 1 saturated carbocycles. The normalized spacial score (nSPS) is 27.7. The first-order valence-corrected chi connectivity index (χ1v) is 21.4. The second kappa shape index (κ2) is 13.7. The van der Waals surface area contributed by atoms with Gasteiger partial charge < -0.3 is 5.11 Å². The fraction of sp³-hybridized carbons (Fsp3) is 0.370. The van der Waals surface area contributed by atoms with Gasteiger partial charge >= 0.3 is 0 Å². The molecular formula is C46H44ClN5O5S. The van der Waals surface area contributed by atoms with E-state index < -0.39 is 35.0 Å². The Morgan fingerprint density at radius 2 is 1.66 bits per heavy atom. The number of benzene rings is 3. The van der Waals surface area contributed by atoms with Crippen LogP contribution in [-0.4, -0.2) is 67.4 Å². The Morgan fingerprint density at radius 1 is 0.914 bits per heavy atom. The van der Waals surface area contributed by atoms with Crippen molar-refractivity contribution in [3.63, 3.8) is 0 Å². The number of nitrogens with zero attached hydrogens (tertiary/aromatic N) is 5. The lowest BCUT2D eigenvalue weighted by Crippen LogP contribution is -2.49. The molecular weight excluding hydrogens is 770 g/mol. The maximum Gasteiger partial charge on any atom is 0.242 e. The minimum atomic E-state index is -1.28. The standard InChI is InChI=1S/C46H44ClN5O5S/c1-25-32-21-27(47)13-16-37(32)58-41(25)35-23-38(49(3)48-35)52-43(55)34-22-33-29(40(46(34,2)45(52)57)30-11-7-8-12-36(30)53)14-15-31-39(33)44(56)51(42(31)54)28-17-19-50(20-18-28)24-26-9-5-4-6-10-26/h4-14,16,21,23,28,31,33-34,39-40,53H,15,17-20,22,24H2,1-3H3. The van der Waals surface area contributed by atoms with Crippen LogP contribution >= 0.6 is 22.9 Å². The van der Waals surface area contributed by atoms with Gasteiger partial charge in [0, 0.05) is 60.0 Å². The average Bonchev–Trinajstić information content (AvgIpc) is 3.89. The molecule has 1 N–H and O–H groups in total. The van der Waals surface area contributed by atoms with E-state index in [2.05, 4.69) is 17.0 Å². The van der Waals surface area contributed by atoms with Crippen LogP contribution in [0.25, 0.3) is 20.7 Å². The number of aromatic nitrogens is 2. The van der Waals surface area contributed by atoms with Crippen molar-refractivity contribution in [1.82, 2.24) is 19.6 Å². The molecule has 3 saturated heterocycles. The number of carbonyl (C=O) groups is 4. The number of aromatic hydroxyl groups is 1. The molecule has 2 aliphatic carbocycles. The lowest BCUT2D eigenvalue weighted by molar-refractivity contribution is -0.144. The lowest BCUT2D eigenvalue weighted by Gasteiger charge is -2.49. The number of fused-ring (bicyclic) bond motifs is 5. The fourth-order valence-corrected chi connectivity index (χ4v) is 12.4. The summed E-state index contributed by atoms with van der Waals surface area (Å²) in [6, 6.07) is 24.7. The molecule has 5 aliphatic rings. The molecule has 12 heteroatoms. The largest absolute Gasteiger partial charge is 0.508 e. The number of hydrogen-bond acceptors (Lipinski definition) is 8. The fourth-order valence-electron chi connectivity index (χ4n) is 11.1. The number of carbonyl (C=O) groups excluding carboxylic acids is 4. The third kappa shape index (κ3) is 5.49. The average molecular weight is 814 g/mol. The Balaban J connectivity index is 0.986. The summed E-state index contributed by atoms with van der Waals surface area (Å²) < 4.78 is 2.64. The lowest BCUT2D eigenvalue weighted by atomic mass is 9.51. The summed E-state index contributed by atoms with van der Waals surface area (Å²) in [4.78, 5) is 65.2. The van der Waals surface area contributed by atoms with Crippen LogP contribution in [0.15, 0.2) is 90.5 Å². The number of phenols is 1. The van der Waals surface area contributed by atoms with Crippen LogP contribution in [0, 0.1) is 36.0 Å². The molecule has 10 rings (SSSR count). The highest BCUT2D eigenvalue weighted by molar-refractivity contribution is 7.22. The van der Waals surface area contributed by atoms with Crippen LogP contribution in [0.5, 0.6) is 5.75 Å². The van der Waals surface area contributed by atoms with Crippen molar-refractivity contribution in [3.8, 4) is 16.3 Å². The van der Waals surface area contributed by atoms with E-state index in [1.54, 1.807) is 46.2 Å². The van der Waals surface area contributed by atoms with Crippen LogP contribution in [0.4, 0.5) is 5.82 Å². The zero-order valence-electron chi connectivity index (χ0n) is 32.6. The molecule has 296 valence electrons. The SMILES string of the molecule is Cc1c(-c2cc(N3C(=O)C4CC5C(=CCC6C(=O)N(C7CCN(Cc8ccccc8)CC7)C(=O)C65)C(c5ccccc5O)C4(C)C3=O)n(C)n2)sc2ccc(Cl)cc12. The maximum atomic E-state index is 15.1. The van der Waals surface area contributed by atoms with Gasteiger partial charge in [-0.3, -0.25) is 33.7 Å². The molecule has 2 aromatic heterocycles. The summed E-state index contributed by atoms with van der Waals surface area (Å²) in [5, 5.41) is 17.9. The Hall–Kier alpha value is -5.10. The van der Waals surface area contributed by atoms with Gasteiger partial charge in [0.1, 0.15) is 17.3 Å². The molecule has 5 aromatic rings. The molecule has 0 radical (unpaired) electrons. The summed E-state index contributed by atoms with van der Waals surface area (Å²) in [7, 11) is 1.74. The van der Waals surface area contributed by atoms with E-state index in [4.69, 9.17) is 16.7 Å². The molecule has 6 atom stereocenters. The Morgan fingerprint density at radius 3 is 2.41 bits per heavy atom. The van der Waals surface area contributed by atoms with E-state index in [0.717, 1.165) is 45.7 Å². The van der Waals surface area contributed by atoms with Crippen LogP contribution in [0.1, 0.15) is 55.2 Å². The molecule has 10 nitrogen and oxygen atoms in total. The molecule has 5 heterocycles. The molecule has 6 unspecified atom stereocenters. The predicted octanol–water partition coefficient (Wildman–Crippen LogP) is 7.86. The van der Waals surface area contributed by atoms with Crippen molar-refractivity contribution in [2.75, 3.05) is 18.0 Å². The number of likely N-dealkylation sites (tertiary alicyclic amines) is 2. The van der Waals surface area contributed by atoms with Crippen LogP contribution in [0.3, 0.4) is 0 Å². The first-order chi connectivity index (χ1) is 27.9. The number of rotatable bonds is 6. The van der Waals surface area contributed by atoms with Crippen LogP contribution in [0.2, 0.25) is 5.02 Å². The number of imide groups is 2. The van der Waals surface area contributed by atoms with Crippen LogP contribution < -0.4 is 4.90 Å². The van der Waals surface area contributed by atoms with E-state index >= 15 is 4.79 Å². The summed E-state index contributed by atoms with van der Waals surface area (Å²) in [6.07, 6.45) is 4.07. The van der Waals surface area contributed by atoms with Gasteiger partial charge in [0.2, 0.25) is 23.6 Å². The number of para-hydroxylation sites is 1. The van der Waals surface area contributed by atoms with Crippen molar-refractivity contribution in [2.45, 2.75) is 58.0 Å². The highest BCUT2D eigenvalue weighted by atomic mass is 35.5. The Bertz CT molecular complexity index is 2570. The number of allylic oxidation sites excluding steroid dienone is 2. The quantitative estimate of drug-likeness (QED) is 0.137. The first kappa shape index (κ1) is 37.2. The second-order valence-corrected chi connectivity index (χ2v) is 18.5. The van der Waals surface area contributed by atoms with E-state index in [0.29, 0.717) is 41.4 Å². The molecule has 4 fully saturated rings. The first-order valence-electron chi connectivity index (χ1n) is 20.2. The zero-order valence-corrected chi connectivity index (χ0v) is 34.2. The van der Waals surface area contributed by atoms with Crippen LogP contribution in [-0.2, 0) is 32.8 Å². The second-order valence-electron chi connectivity index (χ2n) is 17.0. The summed E-state index contributed by atoms with van der Waals surface area (Å²) in [5.74, 6) is -3.77. The smallest absolute Gasteiger partial charge is 0.242 e. The van der Waals surface area contributed by atoms with E-state index in [1.807, 2.05) is 68.5 Å². The number of hydrogen-bond donors (Lipinski definition) is 1. The van der Waals surface area contributed by atoms with Gasteiger partial charge in [-0.2, -0.15) is 5.10 Å². The number of amides is 4. The molecule has 58 heavy (non-hydrogen) atoms. The van der Waals surface area contributed by atoms with Crippen molar-refractivity contribution in [3.05, 3.63) is 112 Å². The number of piperidine rings is 1. The van der Waals surface area contributed by atoms with Gasteiger partial charge in [0.15, 0.2) is 0 Å². The minimum absolute atomic E-state index is 0.0238. The monoisotopic (exact) mass is 813 g/mol. The molecule has 4 amide bonds. The van der Waals surface area contributed by atoms with E-state index in [-0.39, 0.29) is 41.8 Å². The number of thiophene rings is 1. The van der Waals surface area contributed by atoms with Gasteiger partial charge in [-0.05, 0) is 86.2 Å². The van der Waals surface area contributed by atoms with Gasteiger partial charge in [-0.1, -0.05) is 71.8 Å². The molecule has 3 aromatic carbocycles. The van der Waals surface area contributed by atoms with E-state index in [1.165, 1.54) is 10.5 Å². The topological polar surface area (TPSA) is 116 Å². The highest BCUT2D eigenvalue weighted by Crippen LogP contribution is 2.64. The number of aryl methyl sites for hydroxylation is 2. The minimum Gasteiger partial charge on any atom is -0.508 e. The summed E-state index contributed by atoms with van der Waals surface area (Å²) in [5.41, 5.74) is 3.01. The Labute approximate surface area is 345 Å². The van der Waals surface area contributed by atoms with Crippen molar-refractivity contribution >= 4 is 62.5 Å². The van der Waals surface area contributed by atoms with Gasteiger partial charge in [-0.25, -0.2) is 4.90 Å². The Kier molecular flexibility index (Phi) is 8.81. The van der Waals surface area contributed by atoms with Crippen molar-refractivity contribution < 1.29 is 24.3 Å². The maximum absolute atomic E-state index is 15.1. The van der Waals surface area contributed by atoms with Gasteiger partial charge in [-0.15, -0.1) is 11.3 Å². The van der Waals surface area contributed by atoms with E-state index in [9.17, 15) is 19.5 Å². The van der Waals surface area contributed by atoms with Gasteiger partial charge in [0.25, 0.3) is 0 Å². The zero-order chi connectivity index (χ0) is 40.2.